The molecule has 2 N–H and O–H groups in total. The van der Waals surface area contributed by atoms with Crippen LogP contribution >= 0.6 is 0 Å². The number of ether oxygens (including phenoxy) is 1. The van der Waals surface area contributed by atoms with Crippen molar-refractivity contribution in [3.63, 3.8) is 0 Å². The average molecular weight is 384 g/mol. The number of nitrogens with one attached hydrogen (secondary N) is 2. The van der Waals surface area contributed by atoms with Gasteiger partial charge in [-0.15, -0.1) is 0 Å². The van der Waals surface area contributed by atoms with Crippen LogP contribution in [0.15, 0.2) is 36.5 Å². The van der Waals surface area contributed by atoms with Gasteiger partial charge in [0, 0.05) is 12.6 Å². The normalized spacial score (nSPS) is 14.5. The molecule has 2 amide bonds. The van der Waals surface area contributed by atoms with Crippen molar-refractivity contribution < 1.29 is 14.3 Å². The maximum absolute atomic E-state index is 12.0. The number of hydrogen-bond donors (Lipinski definition) is 2. The zero-order valence-electron chi connectivity index (χ0n) is 16.3. The molecule has 0 bridgehead atoms. The summed E-state index contributed by atoms with van der Waals surface area (Å²) in [6.45, 7) is 0.325. The van der Waals surface area contributed by atoms with E-state index in [4.69, 9.17) is 4.74 Å². The highest BCUT2D eigenvalue weighted by molar-refractivity contribution is 5.84. The van der Waals surface area contributed by atoms with E-state index in [0.29, 0.717) is 18.9 Å². The van der Waals surface area contributed by atoms with Gasteiger partial charge in [0.15, 0.2) is 0 Å². The van der Waals surface area contributed by atoms with Crippen LogP contribution in [0.1, 0.15) is 44.2 Å². The molecule has 7 heteroatoms. The van der Waals surface area contributed by atoms with Gasteiger partial charge >= 0.3 is 0 Å². The summed E-state index contributed by atoms with van der Waals surface area (Å²) in [5, 5.41) is 9.97. The van der Waals surface area contributed by atoms with Gasteiger partial charge in [-0.1, -0.05) is 19.3 Å². The topological polar surface area (TPSA) is 85.2 Å². The van der Waals surface area contributed by atoms with E-state index in [2.05, 4.69) is 15.7 Å². The van der Waals surface area contributed by atoms with E-state index >= 15 is 0 Å². The molecular weight excluding hydrogens is 356 g/mol. The zero-order valence-corrected chi connectivity index (χ0v) is 16.3. The fourth-order valence-corrected chi connectivity index (χ4v) is 3.49. The molecule has 3 rings (SSSR count). The van der Waals surface area contributed by atoms with Crippen molar-refractivity contribution in [2.75, 3.05) is 13.7 Å². The Bertz CT molecular complexity index is 779. The van der Waals surface area contributed by atoms with Crippen LogP contribution in [0.2, 0.25) is 0 Å². The quantitative estimate of drug-likeness (QED) is 0.733. The molecule has 0 atom stereocenters. The molecule has 1 aromatic carbocycles. The lowest BCUT2D eigenvalue weighted by atomic mass is 9.87. The summed E-state index contributed by atoms with van der Waals surface area (Å²) in [5.74, 6) is 1.01. The van der Waals surface area contributed by atoms with Crippen LogP contribution in [-0.4, -0.2) is 35.2 Å². The molecule has 7 nitrogen and oxygen atoms in total. The predicted octanol–water partition coefficient (Wildman–Crippen LogP) is 2.58. The van der Waals surface area contributed by atoms with Crippen molar-refractivity contribution in [1.29, 1.82) is 0 Å². The van der Waals surface area contributed by atoms with Crippen molar-refractivity contribution in [2.45, 2.75) is 45.1 Å². The molecule has 0 radical (unpaired) electrons. The number of carbonyl (C=O) groups is 2. The second kappa shape index (κ2) is 9.92. The first kappa shape index (κ1) is 19.9. The highest BCUT2D eigenvalue weighted by Crippen LogP contribution is 2.25. The fourth-order valence-electron chi connectivity index (χ4n) is 3.49. The average Bonchev–Trinajstić information content (AvgIpc) is 3.20. The first-order chi connectivity index (χ1) is 13.6. The first-order valence-electron chi connectivity index (χ1n) is 9.86. The summed E-state index contributed by atoms with van der Waals surface area (Å²) in [6, 6.07) is 9.42. The maximum Gasteiger partial charge on any atom is 0.239 e. The third kappa shape index (κ3) is 5.84. The molecule has 28 heavy (non-hydrogen) atoms. The molecule has 1 aromatic heterocycles. The van der Waals surface area contributed by atoms with Gasteiger partial charge in [0.2, 0.25) is 11.8 Å². The maximum atomic E-state index is 12.0. The zero-order chi connectivity index (χ0) is 19.8. The molecule has 2 aromatic rings. The molecule has 150 valence electrons. The largest absolute Gasteiger partial charge is 0.497 e. The van der Waals surface area contributed by atoms with Crippen LogP contribution in [0.4, 0.5) is 0 Å². The molecule has 1 aliphatic rings. The minimum Gasteiger partial charge on any atom is -0.497 e. The van der Waals surface area contributed by atoms with Gasteiger partial charge in [-0.05, 0) is 49.1 Å². The highest BCUT2D eigenvalue weighted by Gasteiger charge is 2.17. The molecule has 1 saturated carbocycles. The fraction of sp³-hybridized carbons (Fsp3) is 0.476. The number of nitrogens with zero attached hydrogens (tertiary/aromatic N) is 2. The number of rotatable bonds is 8. The van der Waals surface area contributed by atoms with Crippen molar-refractivity contribution in [3.8, 4) is 11.4 Å². The Kier molecular flexibility index (Phi) is 7.06. The van der Waals surface area contributed by atoms with Crippen LogP contribution in [0, 0.1) is 5.92 Å². The second-order valence-electron chi connectivity index (χ2n) is 7.21. The number of amides is 2. The summed E-state index contributed by atoms with van der Waals surface area (Å²) < 4.78 is 6.89. The first-order valence-corrected chi connectivity index (χ1v) is 9.86. The second-order valence-corrected chi connectivity index (χ2v) is 7.21. The molecule has 1 aliphatic carbocycles. The molecule has 0 saturated heterocycles. The lowest BCUT2D eigenvalue weighted by molar-refractivity contribution is -0.126. The van der Waals surface area contributed by atoms with Crippen molar-refractivity contribution in [2.24, 2.45) is 5.92 Å². The van der Waals surface area contributed by atoms with Gasteiger partial charge in [0.25, 0.3) is 0 Å². The minimum atomic E-state index is -0.212. The van der Waals surface area contributed by atoms with E-state index in [1.807, 2.05) is 36.5 Å². The van der Waals surface area contributed by atoms with Gasteiger partial charge in [0.1, 0.15) is 5.75 Å². The number of methoxy groups -OCH3 is 1. The van der Waals surface area contributed by atoms with Gasteiger partial charge in [-0.3, -0.25) is 9.59 Å². The number of benzene rings is 1. The smallest absolute Gasteiger partial charge is 0.239 e. The Morgan fingerprint density at radius 1 is 1.07 bits per heavy atom. The lowest BCUT2D eigenvalue weighted by Crippen LogP contribution is -2.37. The van der Waals surface area contributed by atoms with Crippen LogP contribution in [0.5, 0.6) is 5.75 Å². The van der Waals surface area contributed by atoms with Crippen molar-refractivity contribution in [1.82, 2.24) is 20.4 Å². The number of carbonyl (C=O) groups excluding carboxylic acids is 2. The summed E-state index contributed by atoms with van der Waals surface area (Å²) in [6.07, 6.45) is 8.31. The van der Waals surface area contributed by atoms with E-state index in [9.17, 15) is 9.59 Å². The standard InChI is InChI=1S/C21H28N4O3/c1-28-19-9-7-18(8-10-19)25-12-11-17(24-25)14-22-21(27)15-23-20(26)13-16-5-3-2-4-6-16/h7-12,16H,2-6,13-15H2,1H3,(H,22,27)(H,23,26). The molecular formula is C21H28N4O3. The van der Waals surface area contributed by atoms with E-state index in [0.717, 1.165) is 30.0 Å². The monoisotopic (exact) mass is 384 g/mol. The van der Waals surface area contributed by atoms with Crippen LogP contribution in [0.3, 0.4) is 0 Å². The van der Waals surface area contributed by atoms with Gasteiger partial charge in [0.05, 0.1) is 31.6 Å². The van der Waals surface area contributed by atoms with Gasteiger partial charge < -0.3 is 15.4 Å². The highest BCUT2D eigenvalue weighted by atomic mass is 16.5. The summed E-state index contributed by atoms with van der Waals surface area (Å²) in [5.41, 5.74) is 1.66. The third-order valence-corrected chi connectivity index (χ3v) is 5.09. The Hall–Kier alpha value is -2.83. The van der Waals surface area contributed by atoms with Crippen LogP contribution in [-0.2, 0) is 16.1 Å². The van der Waals surface area contributed by atoms with Crippen LogP contribution in [0.25, 0.3) is 5.69 Å². The molecule has 0 aliphatic heterocycles. The summed E-state index contributed by atoms with van der Waals surface area (Å²) >= 11 is 0. The molecule has 0 spiro atoms. The Labute approximate surface area is 165 Å². The van der Waals surface area contributed by atoms with E-state index in [1.54, 1.807) is 11.8 Å². The van der Waals surface area contributed by atoms with Gasteiger partial charge in [-0.2, -0.15) is 5.10 Å². The van der Waals surface area contributed by atoms with Gasteiger partial charge in [-0.25, -0.2) is 4.68 Å². The van der Waals surface area contributed by atoms with E-state index in [1.165, 1.54) is 19.3 Å². The number of hydrogen-bond acceptors (Lipinski definition) is 4. The Balaban J connectivity index is 1.39. The van der Waals surface area contributed by atoms with Crippen LogP contribution < -0.4 is 15.4 Å². The summed E-state index contributed by atoms with van der Waals surface area (Å²) in [7, 11) is 1.63. The molecule has 1 heterocycles. The SMILES string of the molecule is COc1ccc(-n2ccc(CNC(=O)CNC(=O)CC3CCCCC3)n2)cc1. The Morgan fingerprint density at radius 2 is 1.82 bits per heavy atom. The molecule has 0 unspecified atom stereocenters. The Morgan fingerprint density at radius 3 is 2.54 bits per heavy atom. The molecule has 1 fully saturated rings. The third-order valence-electron chi connectivity index (χ3n) is 5.09. The van der Waals surface area contributed by atoms with E-state index < -0.39 is 0 Å². The predicted molar refractivity (Wildman–Crippen MR) is 106 cm³/mol. The number of aromatic nitrogens is 2. The van der Waals surface area contributed by atoms with E-state index in [-0.39, 0.29) is 18.4 Å². The minimum absolute atomic E-state index is 0.00470. The van der Waals surface area contributed by atoms with Crippen molar-refractivity contribution >= 4 is 11.8 Å². The summed E-state index contributed by atoms with van der Waals surface area (Å²) in [4.78, 5) is 24.0. The van der Waals surface area contributed by atoms with Crippen molar-refractivity contribution in [3.05, 3.63) is 42.2 Å². The lowest BCUT2D eigenvalue weighted by Gasteiger charge is -2.20.